The lowest BCUT2D eigenvalue weighted by Gasteiger charge is -2.16. The van der Waals surface area contributed by atoms with Gasteiger partial charge in [-0.25, -0.2) is 0 Å². The van der Waals surface area contributed by atoms with E-state index < -0.39 is 4.92 Å². The number of nitrogens with zero attached hydrogens (tertiary/aromatic N) is 2. The minimum Gasteiger partial charge on any atom is -0.477 e. The zero-order chi connectivity index (χ0) is 15.8. The third-order valence-electron chi connectivity index (χ3n) is 2.79. The number of likely N-dealkylation sites (N-methyl/N-ethyl adjacent to an activating group) is 1. The SMILES string of the molecule is CNC(=O)CCN(C)C(=O)COc1ccccc1[N+](=O)[O-]. The lowest BCUT2D eigenvalue weighted by molar-refractivity contribution is -0.385. The first-order valence-electron chi connectivity index (χ1n) is 6.26. The van der Waals surface area contributed by atoms with Crippen LogP contribution >= 0.6 is 0 Å². The molecule has 0 fully saturated rings. The van der Waals surface area contributed by atoms with E-state index in [9.17, 15) is 19.7 Å². The number of para-hydroxylation sites is 2. The summed E-state index contributed by atoms with van der Waals surface area (Å²) in [5, 5.41) is 13.3. The van der Waals surface area contributed by atoms with Crippen molar-refractivity contribution in [3.8, 4) is 5.75 Å². The summed E-state index contributed by atoms with van der Waals surface area (Å²) in [4.78, 5) is 34.4. The number of rotatable bonds is 7. The van der Waals surface area contributed by atoms with Gasteiger partial charge in [-0.05, 0) is 6.07 Å². The van der Waals surface area contributed by atoms with E-state index in [0.717, 1.165) is 0 Å². The van der Waals surface area contributed by atoms with Crippen molar-refractivity contribution in [1.29, 1.82) is 0 Å². The fraction of sp³-hybridized carbons (Fsp3) is 0.385. The van der Waals surface area contributed by atoms with Gasteiger partial charge in [-0.2, -0.15) is 0 Å². The van der Waals surface area contributed by atoms with E-state index in [-0.39, 0.29) is 42.8 Å². The average molecular weight is 295 g/mol. The largest absolute Gasteiger partial charge is 0.477 e. The van der Waals surface area contributed by atoms with Gasteiger partial charge in [-0.1, -0.05) is 12.1 Å². The number of hydrogen-bond donors (Lipinski definition) is 1. The average Bonchev–Trinajstić information content (AvgIpc) is 2.49. The molecule has 0 saturated carbocycles. The minimum atomic E-state index is -0.574. The van der Waals surface area contributed by atoms with E-state index in [1.165, 1.54) is 37.2 Å². The zero-order valence-electron chi connectivity index (χ0n) is 11.9. The standard InChI is InChI=1S/C13H17N3O5/c1-14-12(17)7-8-15(2)13(18)9-21-11-6-4-3-5-10(11)16(19)20/h3-6H,7-9H2,1-2H3,(H,14,17). The Balaban J connectivity index is 2.53. The molecule has 21 heavy (non-hydrogen) atoms. The molecule has 0 bridgehead atoms. The Kier molecular flexibility index (Phi) is 6.12. The maximum atomic E-state index is 11.8. The number of nitro groups is 1. The van der Waals surface area contributed by atoms with Crippen LogP contribution in [0.25, 0.3) is 0 Å². The Morgan fingerprint density at radius 1 is 1.38 bits per heavy atom. The van der Waals surface area contributed by atoms with Gasteiger partial charge in [0.2, 0.25) is 5.91 Å². The van der Waals surface area contributed by atoms with E-state index in [1.807, 2.05) is 0 Å². The second kappa shape index (κ2) is 7.83. The molecule has 8 nitrogen and oxygen atoms in total. The number of nitro benzene ring substituents is 1. The van der Waals surface area contributed by atoms with Crippen LogP contribution in [0.3, 0.4) is 0 Å². The van der Waals surface area contributed by atoms with Crippen LogP contribution in [0.4, 0.5) is 5.69 Å². The predicted molar refractivity (Wildman–Crippen MR) is 74.9 cm³/mol. The predicted octanol–water partition coefficient (Wildman–Crippen LogP) is 0.568. The van der Waals surface area contributed by atoms with Crippen molar-refractivity contribution in [3.63, 3.8) is 0 Å². The van der Waals surface area contributed by atoms with Crippen LogP contribution in [0.5, 0.6) is 5.75 Å². The number of ether oxygens (including phenoxy) is 1. The van der Waals surface area contributed by atoms with Crippen molar-refractivity contribution in [2.75, 3.05) is 27.2 Å². The summed E-state index contributed by atoms with van der Waals surface area (Å²) < 4.78 is 5.18. The minimum absolute atomic E-state index is 0.0375. The van der Waals surface area contributed by atoms with E-state index in [2.05, 4.69) is 5.32 Å². The van der Waals surface area contributed by atoms with Gasteiger partial charge in [0.15, 0.2) is 12.4 Å². The van der Waals surface area contributed by atoms with Crippen LogP contribution in [0, 0.1) is 10.1 Å². The lowest BCUT2D eigenvalue weighted by atomic mass is 10.3. The molecule has 2 amide bonds. The van der Waals surface area contributed by atoms with Gasteiger partial charge in [0.1, 0.15) is 0 Å². The summed E-state index contributed by atoms with van der Waals surface area (Å²) in [6.45, 7) is -0.0755. The van der Waals surface area contributed by atoms with Crippen molar-refractivity contribution < 1.29 is 19.2 Å². The van der Waals surface area contributed by atoms with Gasteiger partial charge in [-0.3, -0.25) is 19.7 Å². The van der Waals surface area contributed by atoms with E-state index in [4.69, 9.17) is 4.74 Å². The summed E-state index contributed by atoms with van der Waals surface area (Å²) in [5.41, 5.74) is -0.196. The van der Waals surface area contributed by atoms with Crippen LogP contribution in [-0.2, 0) is 9.59 Å². The molecule has 1 N–H and O–H groups in total. The van der Waals surface area contributed by atoms with Crippen LogP contribution in [0.1, 0.15) is 6.42 Å². The lowest BCUT2D eigenvalue weighted by Crippen LogP contribution is -2.34. The Bertz CT molecular complexity index is 532. The summed E-state index contributed by atoms with van der Waals surface area (Å²) in [7, 11) is 3.05. The molecular weight excluding hydrogens is 278 g/mol. The molecule has 0 aliphatic carbocycles. The van der Waals surface area contributed by atoms with E-state index >= 15 is 0 Å². The fourth-order valence-corrected chi connectivity index (χ4v) is 1.50. The molecule has 0 radical (unpaired) electrons. The van der Waals surface area contributed by atoms with Gasteiger partial charge >= 0.3 is 5.69 Å². The summed E-state index contributed by atoms with van der Waals surface area (Å²) >= 11 is 0. The van der Waals surface area contributed by atoms with Crippen LogP contribution in [-0.4, -0.2) is 48.9 Å². The first kappa shape index (κ1) is 16.4. The maximum absolute atomic E-state index is 11.8. The number of hydrogen-bond acceptors (Lipinski definition) is 5. The van der Waals surface area contributed by atoms with Crippen molar-refractivity contribution in [2.45, 2.75) is 6.42 Å². The highest BCUT2D eigenvalue weighted by Crippen LogP contribution is 2.25. The third kappa shape index (κ3) is 5.09. The highest BCUT2D eigenvalue weighted by atomic mass is 16.6. The quantitative estimate of drug-likeness (QED) is 0.585. The topological polar surface area (TPSA) is 102 Å². The second-order valence-corrected chi connectivity index (χ2v) is 4.25. The Labute approximate surface area is 121 Å². The highest BCUT2D eigenvalue weighted by Gasteiger charge is 2.16. The number of carbonyl (C=O) groups is 2. The molecular formula is C13H17N3O5. The molecule has 114 valence electrons. The van der Waals surface area contributed by atoms with Gasteiger partial charge in [0, 0.05) is 33.1 Å². The Morgan fingerprint density at radius 3 is 2.67 bits per heavy atom. The van der Waals surface area contributed by atoms with Gasteiger partial charge in [0.25, 0.3) is 5.91 Å². The molecule has 0 spiro atoms. The molecule has 0 aromatic heterocycles. The summed E-state index contributed by atoms with van der Waals surface area (Å²) in [5.74, 6) is -0.498. The molecule has 0 aliphatic heterocycles. The summed E-state index contributed by atoms with van der Waals surface area (Å²) in [6, 6.07) is 5.83. The number of carbonyl (C=O) groups excluding carboxylic acids is 2. The number of nitrogens with one attached hydrogen (secondary N) is 1. The smallest absolute Gasteiger partial charge is 0.310 e. The Morgan fingerprint density at radius 2 is 2.05 bits per heavy atom. The molecule has 0 heterocycles. The van der Waals surface area contributed by atoms with Crippen molar-refractivity contribution in [1.82, 2.24) is 10.2 Å². The normalized spacial score (nSPS) is 9.81. The third-order valence-corrected chi connectivity index (χ3v) is 2.79. The van der Waals surface area contributed by atoms with Crippen molar-refractivity contribution >= 4 is 17.5 Å². The molecule has 8 heteroatoms. The summed E-state index contributed by atoms with van der Waals surface area (Å²) in [6.07, 6.45) is 0.185. The monoisotopic (exact) mass is 295 g/mol. The van der Waals surface area contributed by atoms with Gasteiger partial charge in [0.05, 0.1) is 4.92 Å². The number of benzene rings is 1. The molecule has 0 aliphatic rings. The Hall–Kier alpha value is -2.64. The first-order valence-corrected chi connectivity index (χ1v) is 6.26. The first-order chi connectivity index (χ1) is 9.95. The van der Waals surface area contributed by atoms with E-state index in [1.54, 1.807) is 6.07 Å². The molecule has 1 aromatic carbocycles. The van der Waals surface area contributed by atoms with E-state index in [0.29, 0.717) is 0 Å². The second-order valence-electron chi connectivity index (χ2n) is 4.25. The van der Waals surface area contributed by atoms with Gasteiger partial charge in [-0.15, -0.1) is 0 Å². The fourth-order valence-electron chi connectivity index (χ4n) is 1.50. The molecule has 1 rings (SSSR count). The number of amides is 2. The van der Waals surface area contributed by atoms with Crippen LogP contribution in [0.15, 0.2) is 24.3 Å². The molecule has 0 unspecified atom stereocenters. The maximum Gasteiger partial charge on any atom is 0.310 e. The molecule has 0 atom stereocenters. The van der Waals surface area contributed by atoms with Crippen molar-refractivity contribution in [2.24, 2.45) is 0 Å². The molecule has 1 aromatic rings. The van der Waals surface area contributed by atoms with Crippen LogP contribution < -0.4 is 10.1 Å². The highest BCUT2D eigenvalue weighted by molar-refractivity contribution is 5.79. The zero-order valence-corrected chi connectivity index (χ0v) is 11.9. The van der Waals surface area contributed by atoms with Crippen molar-refractivity contribution in [3.05, 3.63) is 34.4 Å². The molecule has 0 saturated heterocycles. The van der Waals surface area contributed by atoms with Crippen LogP contribution in [0.2, 0.25) is 0 Å². The van der Waals surface area contributed by atoms with Gasteiger partial charge < -0.3 is 15.0 Å².